The fourth-order valence-corrected chi connectivity index (χ4v) is 1.71. The summed E-state index contributed by atoms with van der Waals surface area (Å²) in [6.45, 7) is 0.848. The molecule has 4 heteroatoms. The van der Waals surface area contributed by atoms with Gasteiger partial charge in [-0.3, -0.25) is 0 Å². The van der Waals surface area contributed by atoms with E-state index in [-0.39, 0.29) is 5.75 Å². The van der Waals surface area contributed by atoms with E-state index in [1.165, 1.54) is 7.11 Å². The number of nitrogens with one attached hydrogen (secondary N) is 1. The van der Waals surface area contributed by atoms with Crippen LogP contribution < -0.4 is 10.2 Å². The van der Waals surface area contributed by atoms with Crippen molar-refractivity contribution in [1.82, 2.24) is 5.48 Å². The Balaban J connectivity index is 2.04. The number of phenolic OH excluding ortho intramolecular Hbond substituents is 1. The summed E-state index contributed by atoms with van der Waals surface area (Å²) in [4.78, 5) is 4.77. The summed E-state index contributed by atoms with van der Waals surface area (Å²) in [5.74, 6) is 0.613. The number of hydrogen-bond acceptors (Lipinski definition) is 4. The van der Waals surface area contributed by atoms with Gasteiger partial charge in [-0.05, 0) is 11.6 Å². The summed E-state index contributed by atoms with van der Waals surface area (Å²) in [5.41, 5.74) is 4.48. The first-order chi connectivity index (χ1) is 9.31. The minimum absolute atomic E-state index is 0.142. The molecule has 2 aromatic carbocycles. The van der Waals surface area contributed by atoms with Crippen molar-refractivity contribution in [3.8, 4) is 11.5 Å². The topological polar surface area (TPSA) is 50.7 Å². The van der Waals surface area contributed by atoms with Gasteiger partial charge in [-0.25, -0.2) is 0 Å². The lowest BCUT2D eigenvalue weighted by atomic mass is 10.2. The molecule has 0 aromatic heterocycles. The SMILES string of the molecule is CONCc1cccc(OCc2ccccc2)c1O. The van der Waals surface area contributed by atoms with Gasteiger partial charge < -0.3 is 14.7 Å². The largest absolute Gasteiger partial charge is 0.504 e. The van der Waals surface area contributed by atoms with Gasteiger partial charge in [-0.2, -0.15) is 5.48 Å². The summed E-state index contributed by atoms with van der Waals surface area (Å²) in [6, 6.07) is 15.2. The number of aromatic hydroxyl groups is 1. The highest BCUT2D eigenvalue weighted by Gasteiger charge is 2.07. The molecule has 0 atom stereocenters. The standard InChI is InChI=1S/C15H17NO3/c1-18-16-10-13-8-5-9-14(15(13)17)19-11-12-6-3-2-4-7-12/h2-9,16-17H,10-11H2,1H3. The van der Waals surface area contributed by atoms with Crippen LogP contribution in [0.15, 0.2) is 48.5 Å². The van der Waals surface area contributed by atoms with Crippen molar-refractivity contribution in [2.24, 2.45) is 0 Å². The zero-order valence-corrected chi connectivity index (χ0v) is 10.8. The molecule has 2 rings (SSSR count). The molecular weight excluding hydrogens is 242 g/mol. The average molecular weight is 259 g/mol. The van der Waals surface area contributed by atoms with E-state index >= 15 is 0 Å². The molecule has 0 saturated carbocycles. The Labute approximate surface area is 112 Å². The van der Waals surface area contributed by atoms with E-state index in [1.54, 1.807) is 6.07 Å². The number of phenols is 1. The van der Waals surface area contributed by atoms with Crippen molar-refractivity contribution in [3.05, 3.63) is 59.7 Å². The molecule has 0 aliphatic rings. The normalized spacial score (nSPS) is 10.4. The minimum atomic E-state index is 0.142. The van der Waals surface area contributed by atoms with Gasteiger partial charge in [0.1, 0.15) is 6.61 Å². The fraction of sp³-hybridized carbons (Fsp3) is 0.200. The molecule has 4 nitrogen and oxygen atoms in total. The molecule has 0 radical (unpaired) electrons. The van der Waals surface area contributed by atoms with Crippen LogP contribution in [-0.2, 0) is 18.0 Å². The fourth-order valence-electron chi connectivity index (χ4n) is 1.71. The predicted molar refractivity (Wildman–Crippen MR) is 72.7 cm³/mol. The third-order valence-electron chi connectivity index (χ3n) is 2.73. The maximum atomic E-state index is 10.1. The Hall–Kier alpha value is -2.04. The Bertz CT molecular complexity index is 514. The maximum absolute atomic E-state index is 10.1. The number of hydroxylamine groups is 1. The van der Waals surface area contributed by atoms with Crippen LogP contribution in [-0.4, -0.2) is 12.2 Å². The van der Waals surface area contributed by atoms with Crippen LogP contribution >= 0.6 is 0 Å². The zero-order valence-electron chi connectivity index (χ0n) is 10.8. The van der Waals surface area contributed by atoms with E-state index in [1.807, 2.05) is 42.5 Å². The summed E-state index contributed by atoms with van der Waals surface area (Å²) in [5, 5.41) is 10.1. The third-order valence-corrected chi connectivity index (χ3v) is 2.73. The van der Waals surface area contributed by atoms with Crippen LogP contribution in [0.1, 0.15) is 11.1 Å². The zero-order chi connectivity index (χ0) is 13.5. The molecule has 0 heterocycles. The second-order valence-electron chi connectivity index (χ2n) is 4.06. The Morgan fingerprint density at radius 2 is 1.84 bits per heavy atom. The molecule has 2 N–H and O–H groups in total. The van der Waals surface area contributed by atoms with Crippen LogP contribution in [0.2, 0.25) is 0 Å². The molecule has 0 aliphatic carbocycles. The quantitative estimate of drug-likeness (QED) is 0.783. The van der Waals surface area contributed by atoms with Gasteiger partial charge in [0, 0.05) is 12.1 Å². The summed E-state index contributed by atoms with van der Waals surface area (Å²) in [7, 11) is 1.53. The number of rotatable bonds is 6. The van der Waals surface area contributed by atoms with E-state index in [9.17, 15) is 5.11 Å². The Morgan fingerprint density at radius 1 is 1.05 bits per heavy atom. The van der Waals surface area contributed by atoms with E-state index in [4.69, 9.17) is 9.57 Å². The van der Waals surface area contributed by atoms with Crippen LogP contribution in [0.4, 0.5) is 0 Å². The van der Waals surface area contributed by atoms with Gasteiger partial charge in [0.05, 0.1) is 7.11 Å². The molecule has 0 amide bonds. The highest BCUT2D eigenvalue weighted by Crippen LogP contribution is 2.30. The first kappa shape index (κ1) is 13.4. The van der Waals surface area contributed by atoms with Crippen LogP contribution in [0.5, 0.6) is 11.5 Å². The van der Waals surface area contributed by atoms with Gasteiger partial charge >= 0.3 is 0 Å². The number of ether oxygens (including phenoxy) is 1. The number of hydrogen-bond donors (Lipinski definition) is 2. The van der Waals surface area contributed by atoms with Crippen molar-refractivity contribution in [3.63, 3.8) is 0 Å². The molecular formula is C15H17NO3. The van der Waals surface area contributed by atoms with Gasteiger partial charge in [0.15, 0.2) is 11.5 Å². The molecule has 0 aliphatic heterocycles. The van der Waals surface area contributed by atoms with E-state index < -0.39 is 0 Å². The van der Waals surface area contributed by atoms with Crippen molar-refractivity contribution in [2.75, 3.05) is 7.11 Å². The van der Waals surface area contributed by atoms with Gasteiger partial charge in [0.25, 0.3) is 0 Å². The lowest BCUT2D eigenvalue weighted by Gasteiger charge is -2.11. The van der Waals surface area contributed by atoms with Crippen LogP contribution in [0.25, 0.3) is 0 Å². The predicted octanol–water partition coefficient (Wildman–Crippen LogP) is 2.62. The smallest absolute Gasteiger partial charge is 0.162 e. The Morgan fingerprint density at radius 3 is 2.58 bits per heavy atom. The summed E-state index contributed by atoms with van der Waals surface area (Å²) < 4.78 is 5.62. The monoisotopic (exact) mass is 259 g/mol. The molecule has 19 heavy (non-hydrogen) atoms. The van der Waals surface area contributed by atoms with Gasteiger partial charge in [-0.15, -0.1) is 0 Å². The summed E-state index contributed by atoms with van der Waals surface area (Å²) >= 11 is 0. The lowest BCUT2D eigenvalue weighted by Crippen LogP contribution is -2.11. The number of para-hydroxylation sites is 1. The van der Waals surface area contributed by atoms with Crippen LogP contribution in [0.3, 0.4) is 0 Å². The van der Waals surface area contributed by atoms with Gasteiger partial charge in [-0.1, -0.05) is 42.5 Å². The van der Waals surface area contributed by atoms with Crippen molar-refractivity contribution >= 4 is 0 Å². The van der Waals surface area contributed by atoms with Crippen molar-refractivity contribution in [2.45, 2.75) is 13.2 Å². The van der Waals surface area contributed by atoms with Gasteiger partial charge in [0.2, 0.25) is 0 Å². The van der Waals surface area contributed by atoms with E-state index in [0.29, 0.717) is 18.9 Å². The molecule has 2 aromatic rings. The molecule has 0 saturated heterocycles. The van der Waals surface area contributed by atoms with Crippen LogP contribution in [0, 0.1) is 0 Å². The highest BCUT2D eigenvalue weighted by molar-refractivity contribution is 5.45. The molecule has 0 fully saturated rings. The van der Waals surface area contributed by atoms with E-state index in [2.05, 4.69) is 5.48 Å². The number of benzene rings is 2. The lowest BCUT2D eigenvalue weighted by molar-refractivity contribution is 0.0860. The van der Waals surface area contributed by atoms with Crippen molar-refractivity contribution in [1.29, 1.82) is 0 Å². The minimum Gasteiger partial charge on any atom is -0.504 e. The third kappa shape index (κ3) is 3.71. The molecule has 0 spiro atoms. The molecule has 100 valence electrons. The first-order valence-electron chi connectivity index (χ1n) is 6.04. The van der Waals surface area contributed by atoms with E-state index in [0.717, 1.165) is 11.1 Å². The first-order valence-corrected chi connectivity index (χ1v) is 6.04. The second kappa shape index (κ2) is 6.78. The summed E-state index contributed by atoms with van der Waals surface area (Å²) in [6.07, 6.45) is 0. The average Bonchev–Trinajstić information content (AvgIpc) is 2.46. The Kier molecular flexibility index (Phi) is 4.78. The maximum Gasteiger partial charge on any atom is 0.162 e. The molecule has 0 unspecified atom stereocenters. The highest BCUT2D eigenvalue weighted by atomic mass is 16.6. The second-order valence-corrected chi connectivity index (χ2v) is 4.06. The van der Waals surface area contributed by atoms with Crippen molar-refractivity contribution < 1.29 is 14.7 Å². The molecule has 0 bridgehead atoms.